The number of hydrogen-bond donors (Lipinski definition) is 0. The first-order valence-corrected chi connectivity index (χ1v) is 7.63. The highest BCUT2D eigenvalue weighted by atomic mass is 35.5. The molecular weight excluding hydrogens is 256 g/mol. The van der Waals surface area contributed by atoms with Crippen LogP contribution in [0.2, 0.25) is 0 Å². The Bertz CT molecular complexity index is 411. The molecule has 1 fully saturated rings. The predicted molar refractivity (Wildman–Crippen MR) is 81.6 cm³/mol. The van der Waals surface area contributed by atoms with Crippen LogP contribution in [0.1, 0.15) is 57.9 Å². The van der Waals surface area contributed by atoms with Crippen molar-refractivity contribution in [3.63, 3.8) is 0 Å². The molecule has 0 bridgehead atoms. The van der Waals surface area contributed by atoms with Crippen LogP contribution in [0.4, 0.5) is 0 Å². The minimum atomic E-state index is -0.0310. The van der Waals surface area contributed by atoms with Crippen LogP contribution in [-0.4, -0.2) is 11.2 Å². The van der Waals surface area contributed by atoms with E-state index in [1.54, 1.807) is 0 Å². The van der Waals surface area contributed by atoms with Crippen LogP contribution in [0.25, 0.3) is 0 Å². The van der Waals surface area contributed by atoms with Crippen LogP contribution >= 0.6 is 11.6 Å². The van der Waals surface area contributed by atoms with E-state index in [4.69, 9.17) is 16.3 Å². The molecule has 1 aliphatic rings. The number of benzene rings is 1. The summed E-state index contributed by atoms with van der Waals surface area (Å²) in [7, 11) is 0. The van der Waals surface area contributed by atoms with Gasteiger partial charge in [-0.2, -0.15) is 0 Å². The van der Waals surface area contributed by atoms with E-state index in [1.165, 1.54) is 5.56 Å². The van der Waals surface area contributed by atoms with E-state index in [0.29, 0.717) is 5.92 Å². The molecule has 19 heavy (non-hydrogen) atoms. The fraction of sp³-hybridized carbons (Fsp3) is 0.647. The Hall–Kier alpha value is -0.530. The summed E-state index contributed by atoms with van der Waals surface area (Å²) in [5, 5.41) is 0.112. The molecule has 1 nitrogen and oxygen atoms in total. The van der Waals surface area contributed by atoms with Crippen LogP contribution in [0.3, 0.4) is 0 Å². The van der Waals surface area contributed by atoms with Gasteiger partial charge in [0.05, 0.1) is 16.6 Å². The van der Waals surface area contributed by atoms with Crippen molar-refractivity contribution in [2.24, 2.45) is 5.92 Å². The second-order valence-electron chi connectivity index (χ2n) is 6.82. The fourth-order valence-electron chi connectivity index (χ4n) is 3.30. The zero-order chi connectivity index (χ0) is 14.1. The molecule has 1 heterocycles. The average Bonchev–Trinajstić information content (AvgIpc) is 2.55. The van der Waals surface area contributed by atoms with E-state index in [-0.39, 0.29) is 16.6 Å². The Kier molecular flexibility index (Phi) is 4.27. The lowest BCUT2D eigenvalue weighted by Gasteiger charge is -2.27. The Morgan fingerprint density at radius 1 is 1.21 bits per heavy atom. The zero-order valence-electron chi connectivity index (χ0n) is 12.4. The summed E-state index contributed by atoms with van der Waals surface area (Å²) >= 11 is 6.51. The second kappa shape index (κ2) is 5.46. The Morgan fingerprint density at radius 3 is 2.37 bits per heavy atom. The highest BCUT2D eigenvalue weighted by Crippen LogP contribution is 2.45. The molecular formula is C17H25ClO. The third kappa shape index (κ3) is 3.73. The third-order valence-electron chi connectivity index (χ3n) is 4.19. The van der Waals surface area contributed by atoms with Crippen molar-refractivity contribution in [3.8, 4) is 0 Å². The third-order valence-corrected chi connectivity index (χ3v) is 4.66. The molecule has 1 aliphatic heterocycles. The molecule has 0 amide bonds. The van der Waals surface area contributed by atoms with Gasteiger partial charge >= 0.3 is 0 Å². The molecule has 2 unspecified atom stereocenters. The largest absolute Gasteiger partial charge is 0.369 e. The van der Waals surface area contributed by atoms with E-state index in [2.05, 4.69) is 52.0 Å². The van der Waals surface area contributed by atoms with Crippen molar-refractivity contribution >= 4 is 11.6 Å². The normalized spacial score (nSPS) is 26.3. The number of halogens is 1. The SMILES string of the molecule is CC1(C)CC(CCC(Cl)c2ccccc2)C(C)(C)O1. The van der Waals surface area contributed by atoms with E-state index in [1.807, 2.05) is 6.07 Å². The van der Waals surface area contributed by atoms with Gasteiger partial charge in [-0.15, -0.1) is 11.6 Å². The van der Waals surface area contributed by atoms with Gasteiger partial charge in [-0.05, 0) is 58.4 Å². The topological polar surface area (TPSA) is 9.23 Å². The summed E-state index contributed by atoms with van der Waals surface area (Å²) in [6.07, 6.45) is 3.26. The van der Waals surface area contributed by atoms with Crippen molar-refractivity contribution in [1.82, 2.24) is 0 Å². The van der Waals surface area contributed by atoms with Crippen molar-refractivity contribution in [2.75, 3.05) is 0 Å². The van der Waals surface area contributed by atoms with Gasteiger partial charge in [0.2, 0.25) is 0 Å². The first kappa shape index (κ1) is 14.9. The number of hydrogen-bond acceptors (Lipinski definition) is 1. The van der Waals surface area contributed by atoms with Gasteiger partial charge in [0.1, 0.15) is 0 Å². The molecule has 0 aromatic heterocycles. The molecule has 2 rings (SSSR count). The van der Waals surface area contributed by atoms with Gasteiger partial charge in [0, 0.05) is 0 Å². The van der Waals surface area contributed by atoms with Crippen molar-refractivity contribution in [3.05, 3.63) is 35.9 Å². The molecule has 1 aromatic rings. The number of rotatable bonds is 4. The maximum atomic E-state index is 6.51. The van der Waals surface area contributed by atoms with Gasteiger partial charge in [-0.25, -0.2) is 0 Å². The van der Waals surface area contributed by atoms with Crippen molar-refractivity contribution < 1.29 is 4.74 Å². The maximum absolute atomic E-state index is 6.51. The number of ether oxygens (including phenoxy) is 1. The van der Waals surface area contributed by atoms with E-state index >= 15 is 0 Å². The standard InChI is InChI=1S/C17H25ClO/c1-16(2)12-14(17(3,4)19-16)10-11-15(18)13-8-6-5-7-9-13/h5-9,14-15H,10-12H2,1-4H3. The highest BCUT2D eigenvalue weighted by Gasteiger charge is 2.45. The molecule has 106 valence electrons. The molecule has 0 N–H and O–H groups in total. The summed E-state index contributed by atoms with van der Waals surface area (Å²) in [4.78, 5) is 0. The molecule has 2 heteroatoms. The predicted octanol–water partition coefficient (Wildman–Crippen LogP) is 5.34. The highest BCUT2D eigenvalue weighted by molar-refractivity contribution is 6.20. The molecule has 1 saturated heterocycles. The first-order chi connectivity index (χ1) is 8.80. The smallest absolute Gasteiger partial charge is 0.0662 e. The maximum Gasteiger partial charge on any atom is 0.0662 e. The Labute approximate surface area is 122 Å². The second-order valence-corrected chi connectivity index (χ2v) is 7.35. The van der Waals surface area contributed by atoms with Gasteiger partial charge < -0.3 is 4.74 Å². The summed E-state index contributed by atoms with van der Waals surface area (Å²) in [6.45, 7) is 8.78. The van der Waals surface area contributed by atoms with Gasteiger partial charge in [-0.3, -0.25) is 0 Å². The zero-order valence-corrected chi connectivity index (χ0v) is 13.2. The van der Waals surface area contributed by atoms with Crippen LogP contribution < -0.4 is 0 Å². The Balaban J connectivity index is 1.92. The Morgan fingerprint density at radius 2 is 1.84 bits per heavy atom. The molecule has 0 spiro atoms. The van der Waals surface area contributed by atoms with Crippen molar-refractivity contribution in [1.29, 1.82) is 0 Å². The minimum absolute atomic E-state index is 0.00270. The first-order valence-electron chi connectivity index (χ1n) is 7.19. The summed E-state index contributed by atoms with van der Waals surface area (Å²) < 4.78 is 6.14. The lowest BCUT2D eigenvalue weighted by molar-refractivity contribution is -0.0753. The molecule has 0 saturated carbocycles. The lowest BCUT2D eigenvalue weighted by atomic mass is 9.83. The quantitative estimate of drug-likeness (QED) is 0.677. The summed E-state index contributed by atoms with van der Waals surface area (Å²) in [6, 6.07) is 10.4. The van der Waals surface area contributed by atoms with Gasteiger partial charge in [0.25, 0.3) is 0 Å². The fourth-order valence-corrected chi connectivity index (χ4v) is 3.57. The summed E-state index contributed by atoms with van der Waals surface area (Å²) in [5.74, 6) is 0.590. The monoisotopic (exact) mass is 280 g/mol. The van der Waals surface area contributed by atoms with Gasteiger partial charge in [-0.1, -0.05) is 30.3 Å². The average molecular weight is 281 g/mol. The van der Waals surface area contributed by atoms with E-state index in [9.17, 15) is 0 Å². The van der Waals surface area contributed by atoms with Gasteiger partial charge in [0.15, 0.2) is 0 Å². The lowest BCUT2D eigenvalue weighted by Crippen LogP contribution is -2.29. The summed E-state index contributed by atoms with van der Waals surface area (Å²) in [5.41, 5.74) is 1.19. The molecule has 0 radical (unpaired) electrons. The minimum Gasteiger partial charge on any atom is -0.369 e. The molecule has 1 aromatic carbocycles. The number of alkyl halides is 1. The van der Waals surface area contributed by atoms with Crippen LogP contribution in [0.5, 0.6) is 0 Å². The van der Waals surface area contributed by atoms with E-state index < -0.39 is 0 Å². The van der Waals surface area contributed by atoms with Crippen LogP contribution in [0, 0.1) is 5.92 Å². The van der Waals surface area contributed by atoms with E-state index in [0.717, 1.165) is 19.3 Å². The van der Waals surface area contributed by atoms with Crippen LogP contribution in [0.15, 0.2) is 30.3 Å². The van der Waals surface area contributed by atoms with Crippen LogP contribution in [-0.2, 0) is 4.74 Å². The molecule has 0 aliphatic carbocycles. The van der Waals surface area contributed by atoms with Crippen molar-refractivity contribution in [2.45, 2.75) is 63.5 Å². The molecule has 2 atom stereocenters.